The Morgan fingerprint density at radius 3 is 2.81 bits per heavy atom. The van der Waals surface area contributed by atoms with Crippen LogP contribution in [-0.4, -0.2) is 17.8 Å². The van der Waals surface area contributed by atoms with Crippen molar-refractivity contribution in [3.63, 3.8) is 0 Å². The van der Waals surface area contributed by atoms with Gasteiger partial charge in [0.15, 0.2) is 5.03 Å². The molecule has 6 heteroatoms. The van der Waals surface area contributed by atoms with Crippen molar-refractivity contribution >= 4 is 25.2 Å². The number of imidazole rings is 1. The maximum atomic E-state index is 11.4. The maximum Gasteiger partial charge on any atom is 0.280 e. The van der Waals surface area contributed by atoms with Gasteiger partial charge in [0.2, 0.25) is 0 Å². The van der Waals surface area contributed by atoms with Gasteiger partial charge in [0.1, 0.15) is 5.82 Å². The Labute approximate surface area is 98.3 Å². The third-order valence-electron chi connectivity index (χ3n) is 2.29. The van der Waals surface area contributed by atoms with Crippen molar-refractivity contribution in [2.45, 2.75) is 24.8 Å². The van der Waals surface area contributed by atoms with Crippen LogP contribution >= 0.6 is 10.7 Å². The molecule has 16 heavy (non-hydrogen) atoms. The summed E-state index contributed by atoms with van der Waals surface area (Å²) in [7, 11) is 1.56. The van der Waals surface area contributed by atoms with Crippen LogP contribution in [0.2, 0.25) is 0 Å². The molecule has 0 fully saturated rings. The van der Waals surface area contributed by atoms with Crippen LogP contribution in [0.4, 0.5) is 0 Å². The number of halogens is 1. The Bertz CT molecular complexity index is 619. The average molecular weight is 259 g/mol. The van der Waals surface area contributed by atoms with Crippen LogP contribution in [0.1, 0.15) is 19.2 Å². The predicted molar refractivity (Wildman–Crippen MR) is 62.2 cm³/mol. The minimum Gasteiger partial charge on any atom is -0.302 e. The number of hydrogen-bond acceptors (Lipinski definition) is 3. The first-order valence-electron chi connectivity index (χ1n) is 4.94. The molecular formula is C10H11ClN2O2S. The zero-order chi connectivity index (χ0) is 11.8. The number of nitrogens with zero attached hydrogens (tertiary/aromatic N) is 2. The molecule has 0 bridgehead atoms. The quantitative estimate of drug-likeness (QED) is 0.793. The monoisotopic (exact) mass is 258 g/mol. The van der Waals surface area contributed by atoms with Crippen LogP contribution in [0.25, 0.3) is 5.52 Å². The molecule has 0 saturated carbocycles. The first-order valence-corrected chi connectivity index (χ1v) is 7.25. The van der Waals surface area contributed by atoms with E-state index in [1.165, 1.54) is 0 Å². The highest BCUT2D eigenvalue weighted by Gasteiger charge is 2.20. The summed E-state index contributed by atoms with van der Waals surface area (Å²) in [5.74, 6) is 0.720. The van der Waals surface area contributed by atoms with E-state index in [0.29, 0.717) is 5.52 Å². The molecule has 0 aliphatic heterocycles. The lowest BCUT2D eigenvalue weighted by molar-refractivity contribution is 0.607. The molecule has 0 radical (unpaired) electrons. The van der Waals surface area contributed by atoms with Crippen molar-refractivity contribution in [1.29, 1.82) is 0 Å². The van der Waals surface area contributed by atoms with Crippen molar-refractivity contribution in [3.8, 4) is 0 Å². The van der Waals surface area contributed by atoms with Gasteiger partial charge in [-0.15, -0.1) is 0 Å². The number of aryl methyl sites for hydroxylation is 1. The van der Waals surface area contributed by atoms with E-state index >= 15 is 0 Å². The van der Waals surface area contributed by atoms with Gasteiger partial charge in [0, 0.05) is 23.3 Å². The Balaban J connectivity index is 2.77. The highest BCUT2D eigenvalue weighted by molar-refractivity contribution is 8.13. The maximum absolute atomic E-state index is 11.4. The molecule has 0 saturated heterocycles. The molecule has 0 amide bonds. The summed E-state index contributed by atoms with van der Waals surface area (Å²) in [4.78, 5) is 4.09. The first-order chi connectivity index (χ1) is 7.54. The molecule has 0 unspecified atom stereocenters. The minimum absolute atomic E-state index is 0.0572. The summed E-state index contributed by atoms with van der Waals surface area (Å²) >= 11 is 0. The molecule has 0 aliphatic rings. The zero-order valence-corrected chi connectivity index (χ0v) is 10.3. The third kappa shape index (κ3) is 1.92. The molecule has 2 aromatic heterocycles. The summed E-state index contributed by atoms with van der Waals surface area (Å²) in [6.45, 7) is 2.01. The Kier molecular flexibility index (Phi) is 2.90. The lowest BCUT2D eigenvalue weighted by Crippen LogP contribution is -1.92. The van der Waals surface area contributed by atoms with E-state index in [1.807, 2.05) is 13.0 Å². The topological polar surface area (TPSA) is 51.4 Å². The summed E-state index contributed by atoms with van der Waals surface area (Å²) in [6, 6.07) is 5.29. The van der Waals surface area contributed by atoms with Crippen LogP contribution in [0, 0.1) is 0 Å². The van der Waals surface area contributed by atoms with Gasteiger partial charge in [-0.3, -0.25) is 0 Å². The van der Waals surface area contributed by atoms with Gasteiger partial charge in [-0.1, -0.05) is 13.0 Å². The van der Waals surface area contributed by atoms with Crippen molar-refractivity contribution in [2.75, 3.05) is 0 Å². The van der Waals surface area contributed by atoms with Gasteiger partial charge in [0.05, 0.1) is 5.52 Å². The second kappa shape index (κ2) is 4.07. The fourth-order valence-corrected chi connectivity index (χ4v) is 2.62. The molecule has 4 nitrogen and oxygen atoms in total. The van der Waals surface area contributed by atoms with E-state index in [1.54, 1.807) is 22.7 Å². The van der Waals surface area contributed by atoms with Crippen molar-refractivity contribution in [1.82, 2.24) is 9.38 Å². The van der Waals surface area contributed by atoms with Gasteiger partial charge in [0.25, 0.3) is 9.05 Å². The SMILES string of the molecule is CCCc1nc(S(=O)(=O)Cl)c2ccccn12. The highest BCUT2D eigenvalue weighted by Crippen LogP contribution is 2.21. The molecule has 0 aromatic carbocycles. The standard InChI is InChI=1S/C10H11ClN2O2S/c1-2-5-9-12-10(16(11,14)15)8-6-3-4-7-13(8)9/h3-4,6-7H,2,5H2,1H3. The molecule has 2 heterocycles. The fraction of sp³-hybridized carbons (Fsp3) is 0.300. The van der Waals surface area contributed by atoms with E-state index in [9.17, 15) is 8.42 Å². The lowest BCUT2D eigenvalue weighted by Gasteiger charge is -1.97. The fourth-order valence-electron chi connectivity index (χ4n) is 1.65. The van der Waals surface area contributed by atoms with E-state index in [2.05, 4.69) is 4.98 Å². The van der Waals surface area contributed by atoms with Gasteiger partial charge in [-0.05, 0) is 18.6 Å². The molecule has 0 spiro atoms. The smallest absolute Gasteiger partial charge is 0.280 e. The largest absolute Gasteiger partial charge is 0.302 e. The molecule has 2 rings (SSSR count). The van der Waals surface area contributed by atoms with Crippen LogP contribution in [0.15, 0.2) is 29.4 Å². The number of pyridine rings is 1. The molecule has 86 valence electrons. The molecular weight excluding hydrogens is 248 g/mol. The van der Waals surface area contributed by atoms with Gasteiger partial charge in [-0.2, -0.15) is 0 Å². The van der Waals surface area contributed by atoms with Crippen LogP contribution in [0.5, 0.6) is 0 Å². The van der Waals surface area contributed by atoms with Crippen LogP contribution in [0.3, 0.4) is 0 Å². The Morgan fingerprint density at radius 1 is 1.44 bits per heavy atom. The Morgan fingerprint density at radius 2 is 2.19 bits per heavy atom. The molecule has 0 N–H and O–H groups in total. The van der Waals surface area contributed by atoms with E-state index < -0.39 is 9.05 Å². The first kappa shape index (κ1) is 11.4. The van der Waals surface area contributed by atoms with Gasteiger partial charge in [-0.25, -0.2) is 13.4 Å². The summed E-state index contributed by atoms with van der Waals surface area (Å²) < 4.78 is 24.5. The number of aromatic nitrogens is 2. The van der Waals surface area contributed by atoms with Gasteiger partial charge >= 0.3 is 0 Å². The second-order valence-corrected chi connectivity index (χ2v) is 5.96. The summed E-state index contributed by atoms with van der Waals surface area (Å²) in [6.07, 6.45) is 3.41. The van der Waals surface area contributed by atoms with Crippen LogP contribution < -0.4 is 0 Å². The molecule has 0 aliphatic carbocycles. The van der Waals surface area contributed by atoms with Crippen LogP contribution in [-0.2, 0) is 15.5 Å². The summed E-state index contributed by atoms with van der Waals surface area (Å²) in [5, 5.41) is -0.0572. The minimum atomic E-state index is -3.79. The van der Waals surface area contributed by atoms with Crippen molar-refractivity contribution in [2.24, 2.45) is 0 Å². The lowest BCUT2D eigenvalue weighted by atomic mass is 10.3. The second-order valence-electron chi connectivity index (χ2n) is 3.48. The molecule has 0 atom stereocenters. The number of rotatable bonds is 3. The van der Waals surface area contributed by atoms with Crippen molar-refractivity contribution < 1.29 is 8.42 Å². The van der Waals surface area contributed by atoms with Gasteiger partial charge < -0.3 is 4.40 Å². The Hall–Kier alpha value is -1.07. The van der Waals surface area contributed by atoms with E-state index in [0.717, 1.165) is 18.7 Å². The predicted octanol–water partition coefficient (Wildman–Crippen LogP) is 2.21. The highest BCUT2D eigenvalue weighted by atomic mass is 35.7. The normalized spacial score (nSPS) is 12.1. The summed E-state index contributed by atoms with van der Waals surface area (Å²) in [5.41, 5.74) is 0.529. The number of hydrogen-bond donors (Lipinski definition) is 0. The van der Waals surface area contributed by atoms with Crippen molar-refractivity contribution in [3.05, 3.63) is 30.2 Å². The number of fused-ring (bicyclic) bond motifs is 1. The third-order valence-corrected chi connectivity index (χ3v) is 3.49. The average Bonchev–Trinajstić information content (AvgIpc) is 2.58. The van der Waals surface area contributed by atoms with E-state index in [4.69, 9.17) is 10.7 Å². The zero-order valence-electron chi connectivity index (χ0n) is 8.72. The van der Waals surface area contributed by atoms with E-state index in [-0.39, 0.29) is 5.03 Å². The molecule has 2 aromatic rings.